The second-order valence-corrected chi connectivity index (χ2v) is 5.19. The van der Waals surface area contributed by atoms with E-state index in [2.05, 4.69) is 20.3 Å². The van der Waals surface area contributed by atoms with Gasteiger partial charge in [0, 0.05) is 18.3 Å². The first-order chi connectivity index (χ1) is 10.0. The van der Waals surface area contributed by atoms with E-state index in [1.807, 2.05) is 6.92 Å². The molecule has 0 atom stereocenters. The number of aromatic nitrogens is 3. The molecule has 0 saturated carbocycles. The van der Waals surface area contributed by atoms with Gasteiger partial charge in [0.05, 0.1) is 22.7 Å². The number of hydrogen-bond donors (Lipinski definition) is 1. The number of nitro groups is 1. The summed E-state index contributed by atoms with van der Waals surface area (Å²) in [5, 5.41) is 13.9. The van der Waals surface area contributed by atoms with Crippen molar-refractivity contribution in [2.75, 3.05) is 19.0 Å². The van der Waals surface area contributed by atoms with Gasteiger partial charge in [-0.25, -0.2) is 9.97 Å². The monoisotopic (exact) mass is 309 g/mol. The molecule has 0 saturated heterocycles. The van der Waals surface area contributed by atoms with E-state index in [-0.39, 0.29) is 17.3 Å². The first-order valence-electron chi connectivity index (χ1n) is 6.25. The molecule has 0 bridgehead atoms. The molecule has 1 N–H and O–H groups in total. The largest absolute Gasteiger partial charge is 0.472 e. The SMILES string of the molecule is CNc1nc(C)c([N+](=O)[O-])c(OCCc2scnc2C)n1. The van der Waals surface area contributed by atoms with Gasteiger partial charge in [0.2, 0.25) is 5.95 Å². The number of rotatable bonds is 6. The highest BCUT2D eigenvalue weighted by Gasteiger charge is 2.23. The van der Waals surface area contributed by atoms with E-state index < -0.39 is 4.92 Å². The number of anilines is 1. The summed E-state index contributed by atoms with van der Waals surface area (Å²) in [6, 6.07) is 0. The van der Waals surface area contributed by atoms with Crippen LogP contribution in [0.5, 0.6) is 5.88 Å². The van der Waals surface area contributed by atoms with Crippen molar-refractivity contribution in [2.24, 2.45) is 0 Å². The van der Waals surface area contributed by atoms with E-state index in [1.165, 1.54) is 11.3 Å². The maximum Gasteiger partial charge on any atom is 0.352 e. The summed E-state index contributed by atoms with van der Waals surface area (Å²) in [4.78, 5) is 23.8. The van der Waals surface area contributed by atoms with Crippen LogP contribution in [0, 0.1) is 24.0 Å². The standard InChI is InChI=1S/C12H15N5O3S/c1-7-9(21-6-14-7)4-5-20-11-10(17(18)19)8(2)15-12(13-3)16-11/h6H,4-5H2,1-3H3,(H,13,15,16). The molecule has 8 nitrogen and oxygen atoms in total. The molecule has 0 unspecified atom stereocenters. The molecule has 2 aromatic heterocycles. The Morgan fingerprint density at radius 3 is 2.71 bits per heavy atom. The van der Waals surface area contributed by atoms with Gasteiger partial charge in [-0.1, -0.05) is 0 Å². The zero-order chi connectivity index (χ0) is 15.4. The zero-order valence-electron chi connectivity index (χ0n) is 11.9. The van der Waals surface area contributed by atoms with Crippen LogP contribution in [-0.2, 0) is 6.42 Å². The van der Waals surface area contributed by atoms with Gasteiger partial charge >= 0.3 is 5.69 Å². The lowest BCUT2D eigenvalue weighted by Gasteiger charge is -2.08. The van der Waals surface area contributed by atoms with Gasteiger partial charge in [0.1, 0.15) is 5.69 Å². The van der Waals surface area contributed by atoms with Gasteiger partial charge in [0.15, 0.2) is 0 Å². The average molecular weight is 309 g/mol. The van der Waals surface area contributed by atoms with Crippen LogP contribution in [0.1, 0.15) is 16.3 Å². The summed E-state index contributed by atoms with van der Waals surface area (Å²) in [6.07, 6.45) is 0.631. The van der Waals surface area contributed by atoms with Gasteiger partial charge in [-0.15, -0.1) is 11.3 Å². The number of nitrogens with one attached hydrogen (secondary N) is 1. The second kappa shape index (κ2) is 6.44. The summed E-state index contributed by atoms with van der Waals surface area (Å²) >= 11 is 1.54. The predicted octanol–water partition coefficient (Wildman–Crippen LogP) is 2.12. The Morgan fingerprint density at radius 2 is 2.14 bits per heavy atom. The molecule has 0 aliphatic heterocycles. The molecular weight excluding hydrogens is 294 g/mol. The molecule has 0 amide bonds. The van der Waals surface area contributed by atoms with Crippen LogP contribution in [0.3, 0.4) is 0 Å². The molecule has 9 heteroatoms. The molecule has 2 heterocycles. The third-order valence-corrected chi connectivity index (χ3v) is 3.84. The molecule has 0 radical (unpaired) electrons. The van der Waals surface area contributed by atoms with E-state index in [9.17, 15) is 10.1 Å². The van der Waals surface area contributed by atoms with Crippen molar-refractivity contribution in [1.82, 2.24) is 15.0 Å². The van der Waals surface area contributed by atoms with Crippen LogP contribution in [0.4, 0.5) is 11.6 Å². The van der Waals surface area contributed by atoms with Gasteiger partial charge < -0.3 is 10.1 Å². The van der Waals surface area contributed by atoms with E-state index in [0.29, 0.717) is 19.0 Å². The van der Waals surface area contributed by atoms with Crippen molar-refractivity contribution in [1.29, 1.82) is 0 Å². The van der Waals surface area contributed by atoms with Gasteiger partial charge in [0.25, 0.3) is 5.88 Å². The third kappa shape index (κ3) is 3.43. The molecule has 0 spiro atoms. The van der Waals surface area contributed by atoms with Crippen LogP contribution in [0.2, 0.25) is 0 Å². The number of aryl methyl sites for hydroxylation is 2. The smallest absolute Gasteiger partial charge is 0.352 e. The Morgan fingerprint density at radius 1 is 1.38 bits per heavy atom. The quantitative estimate of drug-likeness (QED) is 0.644. The first-order valence-corrected chi connectivity index (χ1v) is 7.13. The average Bonchev–Trinajstić information content (AvgIpc) is 2.83. The van der Waals surface area contributed by atoms with Gasteiger partial charge in [-0.3, -0.25) is 10.1 Å². The highest BCUT2D eigenvalue weighted by Crippen LogP contribution is 2.28. The van der Waals surface area contributed by atoms with Crippen molar-refractivity contribution in [3.05, 3.63) is 31.9 Å². The van der Waals surface area contributed by atoms with Crippen molar-refractivity contribution >= 4 is 23.0 Å². The van der Waals surface area contributed by atoms with Crippen LogP contribution >= 0.6 is 11.3 Å². The minimum atomic E-state index is -0.526. The minimum Gasteiger partial charge on any atom is -0.472 e. The highest BCUT2D eigenvalue weighted by atomic mass is 32.1. The van der Waals surface area contributed by atoms with Crippen molar-refractivity contribution in [2.45, 2.75) is 20.3 Å². The highest BCUT2D eigenvalue weighted by molar-refractivity contribution is 7.09. The lowest BCUT2D eigenvalue weighted by Crippen LogP contribution is -2.09. The maximum absolute atomic E-state index is 11.1. The van der Waals surface area contributed by atoms with E-state index in [1.54, 1.807) is 19.5 Å². The Kier molecular flexibility index (Phi) is 4.63. The number of nitrogens with zero attached hydrogens (tertiary/aromatic N) is 4. The number of thiazole rings is 1. The summed E-state index contributed by atoms with van der Waals surface area (Å²) in [6.45, 7) is 3.77. The maximum atomic E-state index is 11.1. The fourth-order valence-electron chi connectivity index (χ4n) is 1.77. The van der Waals surface area contributed by atoms with Crippen LogP contribution in [0.15, 0.2) is 5.51 Å². The molecule has 0 aromatic carbocycles. The normalized spacial score (nSPS) is 10.4. The van der Waals surface area contributed by atoms with Crippen LogP contribution < -0.4 is 10.1 Å². The molecule has 21 heavy (non-hydrogen) atoms. The Balaban J connectivity index is 2.16. The van der Waals surface area contributed by atoms with Crippen molar-refractivity contribution < 1.29 is 9.66 Å². The molecular formula is C12H15N5O3S. The van der Waals surface area contributed by atoms with E-state index in [4.69, 9.17) is 4.74 Å². The Bertz CT molecular complexity index is 658. The topological polar surface area (TPSA) is 103 Å². The number of hydrogen-bond acceptors (Lipinski definition) is 8. The summed E-state index contributed by atoms with van der Waals surface area (Å²) in [5.74, 6) is 0.279. The first kappa shape index (κ1) is 15.1. The summed E-state index contributed by atoms with van der Waals surface area (Å²) in [7, 11) is 1.64. The fraction of sp³-hybridized carbons (Fsp3) is 0.417. The van der Waals surface area contributed by atoms with Crippen LogP contribution in [0.25, 0.3) is 0 Å². The molecule has 2 rings (SSSR count). The van der Waals surface area contributed by atoms with E-state index >= 15 is 0 Å². The van der Waals surface area contributed by atoms with Gasteiger partial charge in [-0.2, -0.15) is 4.98 Å². The summed E-state index contributed by atoms with van der Waals surface area (Å²) < 4.78 is 5.50. The predicted molar refractivity (Wildman–Crippen MR) is 79.0 cm³/mol. The Hall–Kier alpha value is -2.29. The lowest BCUT2D eigenvalue weighted by molar-refractivity contribution is -0.387. The van der Waals surface area contributed by atoms with Crippen molar-refractivity contribution in [3.8, 4) is 5.88 Å². The molecule has 112 valence electrons. The lowest BCUT2D eigenvalue weighted by atomic mass is 10.3. The molecule has 2 aromatic rings. The molecule has 0 aliphatic carbocycles. The number of ether oxygens (including phenoxy) is 1. The third-order valence-electron chi connectivity index (χ3n) is 2.85. The van der Waals surface area contributed by atoms with Gasteiger partial charge in [-0.05, 0) is 13.8 Å². The van der Waals surface area contributed by atoms with Crippen LogP contribution in [-0.4, -0.2) is 33.5 Å². The Labute approximate surface area is 125 Å². The fourth-order valence-corrected chi connectivity index (χ4v) is 2.53. The molecule has 0 aliphatic rings. The minimum absolute atomic E-state index is 0.0148. The van der Waals surface area contributed by atoms with E-state index in [0.717, 1.165) is 10.6 Å². The zero-order valence-corrected chi connectivity index (χ0v) is 12.7. The summed E-state index contributed by atoms with van der Waals surface area (Å²) in [5.41, 5.74) is 2.78. The molecule has 0 fully saturated rings. The van der Waals surface area contributed by atoms with Crippen molar-refractivity contribution in [3.63, 3.8) is 0 Å². The second-order valence-electron chi connectivity index (χ2n) is 4.25.